The summed E-state index contributed by atoms with van der Waals surface area (Å²) in [4.78, 5) is 23.2. The number of ether oxygens (including phenoxy) is 2. The molecule has 9 heteroatoms. The van der Waals surface area contributed by atoms with Gasteiger partial charge in [-0.15, -0.1) is 0 Å². The van der Waals surface area contributed by atoms with Crippen LogP contribution in [0.1, 0.15) is 29.8 Å². The summed E-state index contributed by atoms with van der Waals surface area (Å²) in [6.45, 7) is 3.52. The first-order chi connectivity index (χ1) is 13.3. The van der Waals surface area contributed by atoms with E-state index in [9.17, 15) is 23.7 Å². The van der Waals surface area contributed by atoms with Crippen LogP contribution in [0.2, 0.25) is 0 Å². The number of carbonyl (C=O) groups is 1. The van der Waals surface area contributed by atoms with Crippen molar-refractivity contribution in [1.29, 1.82) is 0 Å². The van der Waals surface area contributed by atoms with E-state index in [4.69, 9.17) is 9.47 Å². The summed E-state index contributed by atoms with van der Waals surface area (Å²) >= 11 is 0. The van der Waals surface area contributed by atoms with Crippen molar-refractivity contribution in [3.63, 3.8) is 0 Å². The summed E-state index contributed by atoms with van der Waals surface area (Å²) in [5.41, 5.74) is -0.883. The van der Waals surface area contributed by atoms with Crippen molar-refractivity contribution in [2.45, 2.75) is 26.3 Å². The van der Waals surface area contributed by atoms with Crippen LogP contribution in [0, 0.1) is 21.7 Å². The molecular formula is C19H20F2N2O5. The second kappa shape index (κ2) is 9.12. The third-order valence-electron chi connectivity index (χ3n) is 3.97. The average molecular weight is 394 g/mol. The van der Waals surface area contributed by atoms with Gasteiger partial charge in [0, 0.05) is 17.7 Å². The lowest BCUT2D eigenvalue weighted by molar-refractivity contribution is -0.385. The number of nitro groups is 1. The van der Waals surface area contributed by atoms with Crippen LogP contribution in [0.3, 0.4) is 0 Å². The molecule has 1 amide bonds. The SMILES string of the molecule is CCOc1cc(C(=O)NC(C)Cc2c(F)cccc2F)c([N+](=O)[O-])cc1OC. The molecule has 1 atom stereocenters. The lowest BCUT2D eigenvalue weighted by Crippen LogP contribution is -2.35. The molecule has 7 nitrogen and oxygen atoms in total. The van der Waals surface area contributed by atoms with Crippen LogP contribution in [-0.4, -0.2) is 30.6 Å². The molecule has 0 radical (unpaired) electrons. The highest BCUT2D eigenvalue weighted by Crippen LogP contribution is 2.34. The van der Waals surface area contributed by atoms with Crippen LogP contribution in [0.4, 0.5) is 14.5 Å². The Bertz CT molecular complexity index is 869. The van der Waals surface area contributed by atoms with Crippen LogP contribution in [0.25, 0.3) is 0 Å². The van der Waals surface area contributed by atoms with Gasteiger partial charge < -0.3 is 14.8 Å². The van der Waals surface area contributed by atoms with E-state index in [1.807, 2.05) is 0 Å². The van der Waals surface area contributed by atoms with Crippen LogP contribution in [0.5, 0.6) is 11.5 Å². The number of rotatable bonds is 8. The molecule has 0 aliphatic heterocycles. The zero-order valence-corrected chi connectivity index (χ0v) is 15.6. The number of nitrogens with zero attached hydrogens (tertiary/aromatic N) is 1. The van der Waals surface area contributed by atoms with Gasteiger partial charge in [0.1, 0.15) is 17.2 Å². The van der Waals surface area contributed by atoms with Crippen LogP contribution in [-0.2, 0) is 6.42 Å². The fraction of sp³-hybridized carbons (Fsp3) is 0.316. The zero-order chi connectivity index (χ0) is 20.8. The third kappa shape index (κ3) is 4.73. The molecule has 150 valence electrons. The van der Waals surface area contributed by atoms with Gasteiger partial charge in [0.15, 0.2) is 11.5 Å². The van der Waals surface area contributed by atoms with Gasteiger partial charge in [-0.05, 0) is 32.4 Å². The summed E-state index contributed by atoms with van der Waals surface area (Å²) in [6.07, 6.45) is -0.119. The quantitative estimate of drug-likeness (QED) is 0.545. The Hall–Kier alpha value is -3.23. The van der Waals surface area contributed by atoms with E-state index >= 15 is 0 Å². The highest BCUT2D eigenvalue weighted by atomic mass is 19.1. The van der Waals surface area contributed by atoms with E-state index in [0.29, 0.717) is 0 Å². The summed E-state index contributed by atoms with van der Waals surface area (Å²) in [7, 11) is 1.33. The number of carbonyl (C=O) groups excluding carboxylic acids is 1. The first-order valence-electron chi connectivity index (χ1n) is 8.51. The number of hydrogen-bond acceptors (Lipinski definition) is 5. The zero-order valence-electron chi connectivity index (χ0n) is 15.6. The van der Waals surface area contributed by atoms with E-state index < -0.39 is 34.2 Å². The number of nitrogens with one attached hydrogen (secondary N) is 1. The van der Waals surface area contributed by atoms with E-state index in [-0.39, 0.29) is 35.7 Å². The molecule has 0 aliphatic carbocycles. The van der Waals surface area contributed by atoms with Crippen LogP contribution < -0.4 is 14.8 Å². The first-order valence-corrected chi connectivity index (χ1v) is 8.51. The number of hydrogen-bond donors (Lipinski definition) is 1. The number of methoxy groups -OCH3 is 1. The standard InChI is InChI=1S/C19H20F2N2O5/c1-4-28-18-9-13(16(23(25)26)10-17(18)27-3)19(24)22-11(2)8-12-14(20)6-5-7-15(12)21/h5-7,9-11H,4,8H2,1-3H3,(H,22,24). The predicted octanol–water partition coefficient (Wildman–Crippen LogP) is 3.64. The molecule has 1 unspecified atom stereocenters. The van der Waals surface area contributed by atoms with Crippen molar-refractivity contribution in [3.05, 3.63) is 63.2 Å². The maximum atomic E-state index is 13.8. The third-order valence-corrected chi connectivity index (χ3v) is 3.97. The van der Waals surface area contributed by atoms with Gasteiger partial charge in [0.2, 0.25) is 0 Å². The molecule has 0 spiro atoms. The highest BCUT2D eigenvalue weighted by Gasteiger charge is 2.26. The van der Waals surface area contributed by atoms with E-state index in [2.05, 4.69) is 5.32 Å². The van der Waals surface area contributed by atoms with Gasteiger partial charge in [-0.2, -0.15) is 0 Å². The molecule has 0 aromatic heterocycles. The molecule has 0 saturated heterocycles. The molecule has 28 heavy (non-hydrogen) atoms. The van der Waals surface area contributed by atoms with Gasteiger partial charge in [0.05, 0.1) is 24.7 Å². The summed E-state index contributed by atoms with van der Waals surface area (Å²) in [5, 5.41) is 13.9. The molecule has 0 heterocycles. The van der Waals surface area contributed by atoms with Gasteiger partial charge in [-0.3, -0.25) is 14.9 Å². The smallest absolute Gasteiger partial charge is 0.286 e. The topological polar surface area (TPSA) is 90.7 Å². The van der Waals surface area contributed by atoms with Gasteiger partial charge >= 0.3 is 0 Å². The Labute approximate surface area is 160 Å². The molecule has 0 bridgehead atoms. The second-order valence-electron chi connectivity index (χ2n) is 5.99. The molecule has 2 aromatic rings. The fourth-order valence-corrected chi connectivity index (χ4v) is 2.70. The maximum absolute atomic E-state index is 13.8. The largest absolute Gasteiger partial charge is 0.493 e. The van der Waals surface area contributed by atoms with Gasteiger partial charge in [-0.1, -0.05) is 6.07 Å². The molecule has 0 aliphatic rings. The van der Waals surface area contributed by atoms with Crippen LogP contribution >= 0.6 is 0 Å². The summed E-state index contributed by atoms with van der Waals surface area (Å²) in [6, 6.07) is 5.11. The summed E-state index contributed by atoms with van der Waals surface area (Å²) < 4.78 is 38.0. The Kier molecular flexibility index (Phi) is 6.86. The first kappa shape index (κ1) is 21.1. The molecule has 2 rings (SSSR count). The maximum Gasteiger partial charge on any atom is 0.286 e. The van der Waals surface area contributed by atoms with E-state index in [0.717, 1.165) is 18.2 Å². The molecule has 0 fully saturated rings. The highest BCUT2D eigenvalue weighted by molar-refractivity contribution is 5.99. The molecule has 1 N–H and O–H groups in total. The van der Waals surface area contributed by atoms with Crippen molar-refractivity contribution in [3.8, 4) is 11.5 Å². The van der Waals surface area contributed by atoms with Crippen molar-refractivity contribution >= 4 is 11.6 Å². The Morgan fingerprint density at radius 1 is 1.25 bits per heavy atom. The Balaban J connectivity index is 2.29. The fourth-order valence-electron chi connectivity index (χ4n) is 2.70. The molecular weight excluding hydrogens is 374 g/mol. The van der Waals surface area contributed by atoms with Crippen molar-refractivity contribution in [2.75, 3.05) is 13.7 Å². The van der Waals surface area contributed by atoms with Crippen molar-refractivity contribution in [2.24, 2.45) is 0 Å². The minimum atomic E-state index is -0.764. The van der Waals surface area contributed by atoms with Crippen LogP contribution in [0.15, 0.2) is 30.3 Å². The lowest BCUT2D eigenvalue weighted by atomic mass is 10.0. The molecule has 0 saturated carbocycles. The number of nitro benzene ring substituents is 1. The minimum absolute atomic E-state index is 0.117. The Morgan fingerprint density at radius 2 is 1.89 bits per heavy atom. The normalized spacial score (nSPS) is 11.6. The second-order valence-corrected chi connectivity index (χ2v) is 5.99. The van der Waals surface area contributed by atoms with Crippen molar-refractivity contribution in [1.82, 2.24) is 5.32 Å². The monoisotopic (exact) mass is 394 g/mol. The van der Waals surface area contributed by atoms with E-state index in [1.165, 1.54) is 19.2 Å². The number of benzene rings is 2. The number of amides is 1. The van der Waals surface area contributed by atoms with Crippen molar-refractivity contribution < 1.29 is 28.0 Å². The lowest BCUT2D eigenvalue weighted by Gasteiger charge is -2.16. The number of halogens is 2. The Morgan fingerprint density at radius 3 is 2.43 bits per heavy atom. The summed E-state index contributed by atoms with van der Waals surface area (Å²) in [5.74, 6) is -1.93. The average Bonchev–Trinajstić information content (AvgIpc) is 2.64. The predicted molar refractivity (Wildman–Crippen MR) is 97.8 cm³/mol. The molecule has 2 aromatic carbocycles. The van der Waals surface area contributed by atoms with E-state index in [1.54, 1.807) is 13.8 Å². The minimum Gasteiger partial charge on any atom is -0.493 e. The van der Waals surface area contributed by atoms with Gasteiger partial charge in [-0.25, -0.2) is 8.78 Å². The van der Waals surface area contributed by atoms with Gasteiger partial charge in [0.25, 0.3) is 11.6 Å².